The number of nitrogens with one attached hydrogen (secondary N) is 1. The maximum atomic E-state index is 4.45. The summed E-state index contributed by atoms with van der Waals surface area (Å²) in [5, 5.41) is 3.48. The van der Waals surface area contributed by atoms with Crippen LogP contribution in [0.2, 0.25) is 0 Å². The summed E-state index contributed by atoms with van der Waals surface area (Å²) < 4.78 is 0. The van der Waals surface area contributed by atoms with Crippen molar-refractivity contribution in [3.05, 3.63) is 30.1 Å². The van der Waals surface area contributed by atoms with Gasteiger partial charge in [-0.15, -0.1) is 0 Å². The van der Waals surface area contributed by atoms with Gasteiger partial charge in [-0.3, -0.25) is 9.88 Å². The first kappa shape index (κ1) is 13.1. The van der Waals surface area contributed by atoms with E-state index >= 15 is 0 Å². The summed E-state index contributed by atoms with van der Waals surface area (Å²) in [7, 11) is 0. The van der Waals surface area contributed by atoms with Gasteiger partial charge in [-0.25, -0.2) is 0 Å². The van der Waals surface area contributed by atoms with Gasteiger partial charge in [-0.05, 0) is 62.4 Å². The molecule has 1 saturated heterocycles. The fraction of sp³-hybridized carbons (Fsp3) is 0.688. The average Bonchev–Trinajstić information content (AvgIpc) is 3.11. The first-order valence-electron chi connectivity index (χ1n) is 7.65. The molecule has 0 radical (unpaired) electrons. The van der Waals surface area contributed by atoms with E-state index in [1.165, 1.54) is 44.6 Å². The molecule has 2 aliphatic rings. The molecule has 1 spiro atoms. The van der Waals surface area contributed by atoms with E-state index in [9.17, 15) is 0 Å². The Labute approximate surface area is 116 Å². The van der Waals surface area contributed by atoms with Crippen LogP contribution in [0.4, 0.5) is 0 Å². The van der Waals surface area contributed by atoms with Gasteiger partial charge < -0.3 is 5.32 Å². The van der Waals surface area contributed by atoms with Gasteiger partial charge in [0.05, 0.1) is 5.69 Å². The number of pyridine rings is 1. The van der Waals surface area contributed by atoms with Crippen LogP contribution in [-0.2, 0) is 6.54 Å². The van der Waals surface area contributed by atoms with Crippen LogP contribution in [0.15, 0.2) is 24.4 Å². The Hall–Kier alpha value is -0.930. The Kier molecular flexibility index (Phi) is 3.85. The van der Waals surface area contributed by atoms with E-state index in [1.54, 1.807) is 0 Å². The number of hydrogen-bond acceptors (Lipinski definition) is 3. The number of aromatic nitrogens is 1. The van der Waals surface area contributed by atoms with Crippen LogP contribution < -0.4 is 5.32 Å². The summed E-state index contributed by atoms with van der Waals surface area (Å²) in [5.74, 6) is 0.929. The second kappa shape index (κ2) is 5.59. The highest BCUT2D eigenvalue weighted by Crippen LogP contribution is 2.58. The van der Waals surface area contributed by atoms with E-state index in [0.717, 1.165) is 19.0 Å². The largest absolute Gasteiger partial charge is 0.317 e. The monoisotopic (exact) mass is 259 g/mol. The van der Waals surface area contributed by atoms with E-state index in [1.807, 2.05) is 12.3 Å². The molecule has 3 rings (SSSR count). The van der Waals surface area contributed by atoms with Gasteiger partial charge in [-0.1, -0.05) is 13.0 Å². The molecule has 3 heteroatoms. The van der Waals surface area contributed by atoms with Crippen molar-refractivity contribution >= 4 is 0 Å². The zero-order chi connectivity index (χ0) is 13.1. The van der Waals surface area contributed by atoms with Gasteiger partial charge in [-0.2, -0.15) is 0 Å². The van der Waals surface area contributed by atoms with E-state index in [0.29, 0.717) is 5.41 Å². The zero-order valence-electron chi connectivity index (χ0n) is 11.9. The fourth-order valence-electron chi connectivity index (χ4n) is 3.56. The van der Waals surface area contributed by atoms with Crippen molar-refractivity contribution in [2.75, 3.05) is 26.2 Å². The summed E-state index contributed by atoms with van der Waals surface area (Å²) in [6, 6.07) is 6.21. The molecule has 2 heterocycles. The fourth-order valence-corrected chi connectivity index (χ4v) is 3.56. The highest BCUT2D eigenvalue weighted by Gasteiger charge is 2.53. The maximum Gasteiger partial charge on any atom is 0.0543 e. The maximum absolute atomic E-state index is 4.45. The minimum absolute atomic E-state index is 0.697. The lowest BCUT2D eigenvalue weighted by atomic mass is 9.92. The average molecular weight is 259 g/mol. The summed E-state index contributed by atoms with van der Waals surface area (Å²) in [4.78, 5) is 7.01. The first-order valence-corrected chi connectivity index (χ1v) is 7.65. The molecule has 19 heavy (non-hydrogen) atoms. The van der Waals surface area contributed by atoms with E-state index in [-0.39, 0.29) is 0 Å². The summed E-state index contributed by atoms with van der Waals surface area (Å²) >= 11 is 0. The predicted molar refractivity (Wildman–Crippen MR) is 77.8 cm³/mol. The van der Waals surface area contributed by atoms with Crippen LogP contribution in [0, 0.1) is 11.3 Å². The van der Waals surface area contributed by atoms with Crippen LogP contribution in [-0.4, -0.2) is 36.1 Å². The Morgan fingerprint density at radius 2 is 2.21 bits per heavy atom. The number of hydrogen-bond donors (Lipinski definition) is 1. The third kappa shape index (κ3) is 2.98. The molecule has 3 nitrogen and oxygen atoms in total. The van der Waals surface area contributed by atoms with E-state index < -0.39 is 0 Å². The van der Waals surface area contributed by atoms with E-state index in [2.05, 4.69) is 34.3 Å². The molecular formula is C16H25N3. The minimum atomic E-state index is 0.697. The quantitative estimate of drug-likeness (QED) is 0.879. The smallest absolute Gasteiger partial charge is 0.0543 e. The van der Waals surface area contributed by atoms with Gasteiger partial charge in [0.25, 0.3) is 0 Å². The Balaban J connectivity index is 1.53. The Bertz CT molecular complexity index is 398. The number of piperidine rings is 1. The molecule has 0 amide bonds. The standard InChI is InChI=1S/C16H25N3/c1-2-19(13-15-5-3-4-8-18-15)12-14-11-16(14)6-9-17-10-7-16/h3-5,8,14,17H,2,6-7,9-13H2,1H3. The third-order valence-electron chi connectivity index (χ3n) is 5.00. The molecule has 0 aromatic carbocycles. The van der Waals surface area contributed by atoms with Crippen molar-refractivity contribution in [3.8, 4) is 0 Å². The lowest BCUT2D eigenvalue weighted by molar-refractivity contribution is 0.229. The van der Waals surface area contributed by atoms with Crippen LogP contribution >= 0.6 is 0 Å². The molecule has 1 atom stereocenters. The predicted octanol–water partition coefficient (Wildman–Crippen LogP) is 2.29. The number of nitrogens with zero attached hydrogens (tertiary/aromatic N) is 2. The van der Waals surface area contributed by atoms with Crippen LogP contribution in [0.1, 0.15) is 31.9 Å². The van der Waals surface area contributed by atoms with Gasteiger partial charge in [0.2, 0.25) is 0 Å². The molecule has 104 valence electrons. The molecule has 1 saturated carbocycles. The molecule has 1 unspecified atom stereocenters. The second-order valence-corrected chi connectivity index (χ2v) is 6.16. The van der Waals surface area contributed by atoms with Gasteiger partial charge in [0.1, 0.15) is 0 Å². The minimum Gasteiger partial charge on any atom is -0.317 e. The van der Waals surface area contributed by atoms with Crippen molar-refractivity contribution in [3.63, 3.8) is 0 Å². The third-order valence-corrected chi connectivity index (χ3v) is 5.00. The molecule has 2 fully saturated rings. The highest BCUT2D eigenvalue weighted by molar-refractivity contribution is 5.07. The lowest BCUT2D eigenvalue weighted by Crippen LogP contribution is -2.32. The van der Waals surface area contributed by atoms with Gasteiger partial charge >= 0.3 is 0 Å². The van der Waals surface area contributed by atoms with Crippen molar-refractivity contribution in [1.29, 1.82) is 0 Å². The van der Waals surface area contributed by atoms with Crippen LogP contribution in [0.3, 0.4) is 0 Å². The number of rotatable bonds is 5. The summed E-state index contributed by atoms with van der Waals surface area (Å²) in [6.07, 6.45) is 6.12. The SMILES string of the molecule is CCN(Cc1ccccn1)CC1CC12CCNCC2. The molecular weight excluding hydrogens is 234 g/mol. The van der Waals surface area contributed by atoms with Gasteiger partial charge in [0, 0.05) is 19.3 Å². The molecule has 1 aromatic rings. The lowest BCUT2D eigenvalue weighted by Gasteiger charge is -2.26. The van der Waals surface area contributed by atoms with Crippen molar-refractivity contribution in [1.82, 2.24) is 15.2 Å². The molecule has 1 aromatic heterocycles. The van der Waals surface area contributed by atoms with Crippen molar-refractivity contribution in [2.45, 2.75) is 32.7 Å². The Morgan fingerprint density at radius 3 is 2.89 bits per heavy atom. The highest BCUT2D eigenvalue weighted by atomic mass is 15.1. The zero-order valence-corrected chi connectivity index (χ0v) is 11.9. The molecule has 1 aliphatic heterocycles. The van der Waals surface area contributed by atoms with Crippen LogP contribution in [0.5, 0.6) is 0 Å². The van der Waals surface area contributed by atoms with Crippen LogP contribution in [0.25, 0.3) is 0 Å². The van der Waals surface area contributed by atoms with Crippen molar-refractivity contribution in [2.24, 2.45) is 11.3 Å². The molecule has 1 aliphatic carbocycles. The molecule has 1 N–H and O–H groups in total. The second-order valence-electron chi connectivity index (χ2n) is 6.16. The molecule has 0 bridgehead atoms. The van der Waals surface area contributed by atoms with Gasteiger partial charge in [0.15, 0.2) is 0 Å². The normalized spacial score (nSPS) is 24.8. The Morgan fingerprint density at radius 1 is 1.37 bits per heavy atom. The summed E-state index contributed by atoms with van der Waals surface area (Å²) in [5.41, 5.74) is 1.90. The first-order chi connectivity index (χ1) is 9.32. The summed E-state index contributed by atoms with van der Waals surface area (Å²) in [6.45, 7) is 8.10. The van der Waals surface area contributed by atoms with Crippen molar-refractivity contribution < 1.29 is 0 Å². The topological polar surface area (TPSA) is 28.2 Å². The van der Waals surface area contributed by atoms with E-state index in [4.69, 9.17) is 0 Å².